The number of ether oxygens (including phenoxy) is 1. The first-order chi connectivity index (χ1) is 21.5. The number of nitrogens with zero attached hydrogens (tertiary/aromatic N) is 5. The van der Waals surface area contributed by atoms with Crippen molar-refractivity contribution in [2.45, 2.75) is 26.9 Å². The first-order valence-corrected chi connectivity index (χ1v) is 15.0. The van der Waals surface area contributed by atoms with E-state index in [0.717, 1.165) is 53.2 Å². The van der Waals surface area contributed by atoms with Crippen LogP contribution in [0, 0.1) is 0 Å². The van der Waals surface area contributed by atoms with Gasteiger partial charge in [0.15, 0.2) is 0 Å². The number of aromatic nitrogens is 4. The van der Waals surface area contributed by atoms with Crippen molar-refractivity contribution in [3.05, 3.63) is 101 Å². The van der Waals surface area contributed by atoms with Gasteiger partial charge in [0, 0.05) is 55.0 Å². The SMILES string of the molecule is CCN(CC)CCNC(=O)c1cn(-c2ccc3ncnc(Nc4ccc(OCc5ccccn5)c(Cl)c4)c3c2)cc1CCO. The highest BCUT2D eigenvalue weighted by Gasteiger charge is 2.16. The Kier molecular flexibility index (Phi) is 10.4. The third-order valence-corrected chi connectivity index (χ3v) is 7.65. The predicted molar refractivity (Wildman–Crippen MR) is 173 cm³/mol. The third-order valence-electron chi connectivity index (χ3n) is 7.36. The molecule has 0 aliphatic rings. The highest BCUT2D eigenvalue weighted by molar-refractivity contribution is 6.32. The molecule has 3 heterocycles. The van der Waals surface area contributed by atoms with Crippen LogP contribution in [0.25, 0.3) is 16.6 Å². The Labute approximate surface area is 261 Å². The molecule has 0 aliphatic heterocycles. The minimum atomic E-state index is -0.157. The number of hydrogen-bond acceptors (Lipinski definition) is 8. The molecule has 0 saturated carbocycles. The average molecular weight is 614 g/mol. The van der Waals surface area contributed by atoms with Crippen molar-refractivity contribution >= 4 is 39.9 Å². The van der Waals surface area contributed by atoms with Gasteiger partial charge in [-0.15, -0.1) is 0 Å². The van der Waals surface area contributed by atoms with E-state index in [0.29, 0.717) is 41.7 Å². The number of anilines is 2. The molecule has 2 aromatic carbocycles. The number of nitrogens with one attached hydrogen (secondary N) is 2. The number of benzene rings is 2. The molecule has 0 radical (unpaired) electrons. The first kappa shape index (κ1) is 30.9. The van der Waals surface area contributed by atoms with Gasteiger partial charge in [-0.2, -0.15) is 0 Å². The Morgan fingerprint density at radius 3 is 2.66 bits per heavy atom. The second-order valence-electron chi connectivity index (χ2n) is 10.2. The van der Waals surface area contributed by atoms with E-state index in [1.54, 1.807) is 24.5 Å². The number of rotatable bonds is 14. The Morgan fingerprint density at radius 1 is 1.05 bits per heavy atom. The summed E-state index contributed by atoms with van der Waals surface area (Å²) in [6.07, 6.45) is 7.29. The van der Waals surface area contributed by atoms with Crippen LogP contribution in [-0.4, -0.2) is 68.2 Å². The number of carbonyl (C=O) groups excluding carboxylic acids is 1. The van der Waals surface area contributed by atoms with Crippen molar-refractivity contribution in [2.75, 3.05) is 38.1 Å². The lowest BCUT2D eigenvalue weighted by atomic mass is 10.1. The Morgan fingerprint density at radius 2 is 1.91 bits per heavy atom. The van der Waals surface area contributed by atoms with Gasteiger partial charge in [-0.25, -0.2) is 9.97 Å². The smallest absolute Gasteiger partial charge is 0.253 e. The maximum atomic E-state index is 13.1. The summed E-state index contributed by atoms with van der Waals surface area (Å²) in [6.45, 7) is 7.65. The molecule has 5 aromatic rings. The summed E-state index contributed by atoms with van der Waals surface area (Å²) in [5.41, 5.74) is 4.44. The van der Waals surface area contributed by atoms with Gasteiger partial charge >= 0.3 is 0 Å². The Hall–Kier alpha value is -4.51. The molecule has 3 N–H and O–H groups in total. The molecule has 44 heavy (non-hydrogen) atoms. The molecule has 0 fully saturated rings. The topological polar surface area (TPSA) is 117 Å². The van der Waals surface area contributed by atoms with Crippen LogP contribution in [0.5, 0.6) is 5.75 Å². The molecule has 228 valence electrons. The Balaban J connectivity index is 1.35. The van der Waals surface area contributed by atoms with E-state index in [1.165, 1.54) is 6.33 Å². The lowest BCUT2D eigenvalue weighted by Crippen LogP contribution is -2.35. The van der Waals surface area contributed by atoms with E-state index in [9.17, 15) is 9.90 Å². The standard InChI is InChI=1S/C33H36ClN7O3/c1-3-40(4-2)15-14-36-33(43)28-20-41(19-23(28)12-16-42)26-9-10-30-27(18-26)32(38-22-37-30)39-24-8-11-31(29(34)17-24)44-21-25-7-5-6-13-35-25/h5-11,13,17-20,22,42H,3-4,12,14-16,21H2,1-2H3,(H,36,43)(H,37,38,39). The van der Waals surface area contributed by atoms with Crippen molar-refractivity contribution in [3.63, 3.8) is 0 Å². The van der Waals surface area contributed by atoms with Gasteiger partial charge in [0.1, 0.15) is 24.5 Å². The van der Waals surface area contributed by atoms with Gasteiger partial charge in [0.05, 0.1) is 21.8 Å². The van der Waals surface area contributed by atoms with Gasteiger partial charge in [-0.05, 0) is 73.6 Å². The number of aliphatic hydroxyl groups is 1. The molecular formula is C33H36ClN7O3. The molecule has 0 saturated heterocycles. The molecule has 5 rings (SSSR count). The van der Waals surface area contributed by atoms with Crippen molar-refractivity contribution in [1.82, 2.24) is 29.7 Å². The van der Waals surface area contributed by atoms with Gasteiger partial charge < -0.3 is 29.9 Å². The van der Waals surface area contributed by atoms with E-state index in [1.807, 2.05) is 53.2 Å². The number of pyridine rings is 1. The number of halogens is 1. The number of likely N-dealkylation sites (N-methyl/N-ethyl adjacent to an activating group) is 1. The number of aliphatic hydroxyl groups excluding tert-OH is 1. The van der Waals surface area contributed by atoms with Crippen LogP contribution < -0.4 is 15.4 Å². The average Bonchev–Trinajstić information content (AvgIpc) is 3.47. The zero-order chi connectivity index (χ0) is 30.9. The lowest BCUT2D eigenvalue weighted by molar-refractivity contribution is 0.0948. The van der Waals surface area contributed by atoms with E-state index < -0.39 is 0 Å². The molecular weight excluding hydrogens is 578 g/mol. The van der Waals surface area contributed by atoms with E-state index in [-0.39, 0.29) is 12.5 Å². The summed E-state index contributed by atoms with van der Waals surface area (Å²) >= 11 is 6.54. The minimum Gasteiger partial charge on any atom is -0.486 e. The molecule has 11 heteroatoms. The summed E-state index contributed by atoms with van der Waals surface area (Å²) in [5.74, 6) is 0.999. The first-order valence-electron chi connectivity index (χ1n) is 14.7. The minimum absolute atomic E-state index is 0.0566. The van der Waals surface area contributed by atoms with Crippen LogP contribution in [0.15, 0.2) is 79.5 Å². The van der Waals surface area contributed by atoms with Crippen molar-refractivity contribution in [2.24, 2.45) is 0 Å². The molecule has 10 nitrogen and oxygen atoms in total. The Bertz CT molecular complexity index is 1710. The molecule has 0 aliphatic carbocycles. The summed E-state index contributed by atoms with van der Waals surface area (Å²) in [4.78, 5) is 28.5. The highest BCUT2D eigenvalue weighted by atomic mass is 35.5. The molecule has 0 atom stereocenters. The molecule has 0 bridgehead atoms. The van der Waals surface area contributed by atoms with Crippen molar-refractivity contribution in [1.29, 1.82) is 0 Å². The monoisotopic (exact) mass is 613 g/mol. The van der Waals surface area contributed by atoms with E-state index >= 15 is 0 Å². The zero-order valence-corrected chi connectivity index (χ0v) is 25.6. The van der Waals surface area contributed by atoms with Gasteiger partial charge in [-0.1, -0.05) is 31.5 Å². The number of hydrogen-bond donors (Lipinski definition) is 3. The number of amides is 1. The third kappa shape index (κ3) is 7.52. The van der Waals surface area contributed by atoms with E-state index in [2.05, 4.69) is 44.3 Å². The van der Waals surface area contributed by atoms with Crippen LogP contribution in [0.1, 0.15) is 35.5 Å². The summed E-state index contributed by atoms with van der Waals surface area (Å²) < 4.78 is 7.75. The highest BCUT2D eigenvalue weighted by Crippen LogP contribution is 2.31. The molecule has 3 aromatic heterocycles. The largest absolute Gasteiger partial charge is 0.486 e. The number of fused-ring (bicyclic) bond motifs is 1. The van der Waals surface area contributed by atoms with Crippen LogP contribution in [0.4, 0.5) is 11.5 Å². The maximum absolute atomic E-state index is 13.1. The number of carbonyl (C=O) groups is 1. The predicted octanol–water partition coefficient (Wildman–Crippen LogP) is 5.40. The van der Waals surface area contributed by atoms with Crippen LogP contribution >= 0.6 is 11.6 Å². The van der Waals surface area contributed by atoms with Crippen LogP contribution in [-0.2, 0) is 13.0 Å². The molecule has 1 amide bonds. The van der Waals surface area contributed by atoms with Crippen molar-refractivity contribution < 1.29 is 14.6 Å². The molecule has 0 spiro atoms. The fraction of sp³-hybridized carbons (Fsp3) is 0.273. The lowest BCUT2D eigenvalue weighted by Gasteiger charge is -2.17. The summed E-state index contributed by atoms with van der Waals surface area (Å²) in [5, 5.41) is 17.3. The zero-order valence-electron chi connectivity index (χ0n) is 24.8. The van der Waals surface area contributed by atoms with Crippen molar-refractivity contribution in [3.8, 4) is 11.4 Å². The normalized spacial score (nSPS) is 11.2. The summed E-state index contributed by atoms with van der Waals surface area (Å²) in [6, 6.07) is 16.9. The summed E-state index contributed by atoms with van der Waals surface area (Å²) in [7, 11) is 0. The second-order valence-corrected chi connectivity index (χ2v) is 10.6. The second kappa shape index (κ2) is 14.8. The quantitative estimate of drug-likeness (QED) is 0.152. The fourth-order valence-electron chi connectivity index (χ4n) is 4.90. The van der Waals surface area contributed by atoms with E-state index in [4.69, 9.17) is 16.3 Å². The fourth-order valence-corrected chi connectivity index (χ4v) is 5.14. The van der Waals surface area contributed by atoms with Crippen LogP contribution in [0.3, 0.4) is 0 Å². The van der Waals surface area contributed by atoms with Crippen LogP contribution in [0.2, 0.25) is 5.02 Å². The van der Waals surface area contributed by atoms with Gasteiger partial charge in [0.2, 0.25) is 0 Å². The van der Waals surface area contributed by atoms with Gasteiger partial charge in [-0.3, -0.25) is 9.78 Å². The van der Waals surface area contributed by atoms with Gasteiger partial charge in [0.25, 0.3) is 5.91 Å². The maximum Gasteiger partial charge on any atom is 0.253 e. The molecule has 0 unspecified atom stereocenters.